The predicted molar refractivity (Wildman–Crippen MR) is 194 cm³/mol. The van der Waals surface area contributed by atoms with Crippen LogP contribution in [0.5, 0.6) is 17.2 Å². The topological polar surface area (TPSA) is 54.7 Å². The Labute approximate surface area is 275 Å². The number of ether oxygens (including phenoxy) is 1. The maximum Gasteiger partial charge on any atom is 0.137 e. The van der Waals surface area contributed by atoms with E-state index >= 15 is 0 Å². The van der Waals surface area contributed by atoms with Crippen molar-refractivity contribution in [1.82, 2.24) is 4.98 Å². The molecule has 0 aliphatic heterocycles. The van der Waals surface area contributed by atoms with Crippen LogP contribution in [0.3, 0.4) is 0 Å². The molecule has 0 aliphatic carbocycles. The lowest BCUT2D eigenvalue weighted by molar-refractivity contribution is 0.481. The zero-order valence-electron chi connectivity index (χ0n) is 26.6. The molecule has 228 valence electrons. The monoisotopic (exact) mass is 610 g/mol. The maximum atomic E-state index is 10.6. The Balaban J connectivity index is 1.39. The lowest BCUT2D eigenvalue weighted by Gasteiger charge is -2.17. The summed E-state index contributed by atoms with van der Waals surface area (Å²) in [5.41, 5.74) is 11.1. The van der Waals surface area contributed by atoms with Crippen LogP contribution in [0.4, 0.5) is 5.69 Å². The van der Waals surface area contributed by atoms with Gasteiger partial charge in [0.1, 0.15) is 17.2 Å². The minimum atomic E-state index is 0.198. The van der Waals surface area contributed by atoms with Gasteiger partial charge in [-0.3, -0.25) is 4.99 Å². The third kappa shape index (κ3) is 6.27. The summed E-state index contributed by atoms with van der Waals surface area (Å²) >= 11 is 0. The predicted octanol–water partition coefficient (Wildman–Crippen LogP) is 11.4. The summed E-state index contributed by atoms with van der Waals surface area (Å²) in [7, 11) is 0. The van der Waals surface area contributed by atoms with Crippen LogP contribution in [0.2, 0.25) is 0 Å². The fraction of sp³-hybridized carbons (Fsp3) is 0.0698. The number of fused-ring (bicyclic) bond motifs is 1. The number of benzene rings is 6. The lowest BCUT2D eigenvalue weighted by atomic mass is 9.92. The normalized spacial score (nSPS) is 11.3. The molecule has 0 saturated heterocycles. The minimum absolute atomic E-state index is 0.198. The van der Waals surface area contributed by atoms with Gasteiger partial charge >= 0.3 is 0 Å². The molecular weight excluding hydrogens is 576 g/mol. The summed E-state index contributed by atoms with van der Waals surface area (Å²) in [6.45, 7) is 6.45. The van der Waals surface area contributed by atoms with Crippen LogP contribution in [0.25, 0.3) is 44.3 Å². The van der Waals surface area contributed by atoms with Crippen LogP contribution in [0.15, 0.2) is 145 Å². The molecule has 47 heavy (non-hydrogen) atoms. The summed E-state index contributed by atoms with van der Waals surface area (Å²) in [6, 6.07) is 46.4. The quantitative estimate of drug-likeness (QED) is 0.183. The van der Waals surface area contributed by atoms with Gasteiger partial charge in [-0.15, -0.1) is 0 Å². The number of nitrogens with zero attached hydrogens (tertiary/aromatic N) is 2. The Kier molecular flexibility index (Phi) is 8.07. The first-order valence-electron chi connectivity index (χ1n) is 15.7. The molecule has 0 aliphatic rings. The highest BCUT2D eigenvalue weighted by Gasteiger charge is 2.16. The summed E-state index contributed by atoms with van der Waals surface area (Å²) in [6.07, 6.45) is 1.77. The second-order valence-electron chi connectivity index (χ2n) is 11.8. The van der Waals surface area contributed by atoms with Crippen molar-refractivity contribution in [1.29, 1.82) is 0 Å². The van der Waals surface area contributed by atoms with Gasteiger partial charge in [0.25, 0.3) is 0 Å². The van der Waals surface area contributed by atoms with Crippen molar-refractivity contribution in [3.63, 3.8) is 0 Å². The van der Waals surface area contributed by atoms with Crippen molar-refractivity contribution in [2.75, 3.05) is 0 Å². The average molecular weight is 611 g/mol. The molecule has 0 fully saturated rings. The number of aryl methyl sites for hydroxylation is 3. The van der Waals surface area contributed by atoms with E-state index in [9.17, 15) is 5.11 Å². The smallest absolute Gasteiger partial charge is 0.137 e. The van der Waals surface area contributed by atoms with Crippen LogP contribution in [-0.4, -0.2) is 16.3 Å². The first-order valence-corrected chi connectivity index (χ1v) is 15.7. The van der Waals surface area contributed by atoms with Crippen molar-refractivity contribution >= 4 is 22.7 Å². The molecular formula is C43H34N2O2. The number of aliphatic imine (C=N–C) groups is 1. The molecule has 6 aromatic carbocycles. The van der Waals surface area contributed by atoms with Gasteiger partial charge in [0.15, 0.2) is 0 Å². The van der Waals surface area contributed by atoms with E-state index in [1.165, 1.54) is 22.3 Å². The molecule has 0 radical (unpaired) electrons. The molecule has 1 heterocycles. The Bertz CT molecular complexity index is 2230. The molecule has 0 saturated carbocycles. The maximum absolute atomic E-state index is 10.6. The van der Waals surface area contributed by atoms with Crippen LogP contribution in [-0.2, 0) is 0 Å². The fourth-order valence-electron chi connectivity index (χ4n) is 6.32. The molecule has 0 unspecified atom stereocenters. The highest BCUT2D eigenvalue weighted by molar-refractivity contribution is 5.99. The summed E-state index contributed by atoms with van der Waals surface area (Å²) in [5.74, 6) is 1.66. The number of pyridine rings is 1. The molecule has 1 aromatic heterocycles. The van der Waals surface area contributed by atoms with E-state index in [1.54, 1.807) is 12.3 Å². The van der Waals surface area contributed by atoms with Gasteiger partial charge in [0, 0.05) is 10.9 Å². The average Bonchev–Trinajstić information content (AvgIpc) is 3.08. The standard InChI is InChI=1S/C43H34N2O2/c1-28-22-29(2)42(30(3)23-28)33-20-21-37(41(26-33)47-36-16-8-5-9-17-36)39-25-34(31-12-6-4-7-13-31)24-35(45-39)27-44-38-18-10-14-32-15-11-19-40(46)43(32)38/h4-27,46H,1-3H3/b44-27+. The summed E-state index contributed by atoms with van der Waals surface area (Å²) in [4.78, 5) is 9.93. The van der Waals surface area contributed by atoms with Gasteiger partial charge in [-0.05, 0) is 108 Å². The van der Waals surface area contributed by atoms with Crippen molar-refractivity contribution in [3.8, 4) is 50.8 Å². The Hall–Kier alpha value is -6.00. The number of hydrogen-bond acceptors (Lipinski definition) is 4. The number of rotatable bonds is 7. The van der Waals surface area contributed by atoms with E-state index in [0.29, 0.717) is 22.5 Å². The van der Waals surface area contributed by atoms with Gasteiger partial charge in [0.2, 0.25) is 0 Å². The van der Waals surface area contributed by atoms with Gasteiger partial charge in [-0.2, -0.15) is 0 Å². The Morgan fingerprint density at radius 2 is 1.34 bits per heavy atom. The van der Waals surface area contributed by atoms with Crippen LogP contribution < -0.4 is 4.74 Å². The van der Waals surface area contributed by atoms with Gasteiger partial charge in [0.05, 0.1) is 23.3 Å². The van der Waals surface area contributed by atoms with Gasteiger partial charge in [-0.1, -0.05) is 96.6 Å². The number of phenolic OH excluding ortho intramolecular Hbond substituents is 1. The zero-order chi connectivity index (χ0) is 32.3. The summed E-state index contributed by atoms with van der Waals surface area (Å²) < 4.78 is 6.60. The SMILES string of the molecule is Cc1cc(C)c(-c2ccc(-c3cc(-c4ccccc4)cc(/C=N/c4cccc5cccc(O)c45)n3)c(Oc3ccccc3)c2)c(C)c1. The molecule has 0 bridgehead atoms. The Morgan fingerprint density at radius 1 is 0.638 bits per heavy atom. The number of para-hydroxylation sites is 1. The zero-order valence-corrected chi connectivity index (χ0v) is 26.6. The van der Waals surface area contributed by atoms with Gasteiger partial charge in [-0.25, -0.2) is 4.98 Å². The lowest BCUT2D eigenvalue weighted by Crippen LogP contribution is -1.97. The van der Waals surface area contributed by atoms with E-state index in [2.05, 4.69) is 69.3 Å². The summed E-state index contributed by atoms with van der Waals surface area (Å²) in [5, 5.41) is 12.3. The number of hydrogen-bond donors (Lipinski definition) is 1. The second-order valence-corrected chi connectivity index (χ2v) is 11.8. The van der Waals surface area contributed by atoms with E-state index in [1.807, 2.05) is 84.9 Å². The highest BCUT2D eigenvalue weighted by Crippen LogP contribution is 2.40. The first kappa shape index (κ1) is 29.7. The largest absolute Gasteiger partial charge is 0.507 e. The number of aromatic hydroxyl groups is 1. The number of aromatic nitrogens is 1. The van der Waals surface area contributed by atoms with Crippen molar-refractivity contribution in [3.05, 3.63) is 162 Å². The molecule has 0 atom stereocenters. The van der Waals surface area contributed by atoms with Crippen LogP contribution in [0.1, 0.15) is 22.4 Å². The minimum Gasteiger partial charge on any atom is -0.507 e. The molecule has 0 spiro atoms. The van der Waals surface area contributed by atoms with Crippen LogP contribution in [0, 0.1) is 20.8 Å². The molecule has 7 aromatic rings. The van der Waals surface area contributed by atoms with Crippen LogP contribution >= 0.6 is 0 Å². The van der Waals surface area contributed by atoms with E-state index in [0.717, 1.165) is 39.1 Å². The van der Waals surface area contributed by atoms with Gasteiger partial charge < -0.3 is 9.84 Å². The highest BCUT2D eigenvalue weighted by atomic mass is 16.5. The van der Waals surface area contributed by atoms with E-state index in [-0.39, 0.29) is 5.75 Å². The molecule has 1 N–H and O–H groups in total. The fourth-order valence-corrected chi connectivity index (χ4v) is 6.32. The molecule has 7 rings (SSSR count). The third-order valence-corrected chi connectivity index (χ3v) is 8.34. The number of phenols is 1. The van der Waals surface area contributed by atoms with Crippen molar-refractivity contribution < 1.29 is 9.84 Å². The van der Waals surface area contributed by atoms with Crippen molar-refractivity contribution in [2.24, 2.45) is 4.99 Å². The molecule has 4 nitrogen and oxygen atoms in total. The molecule has 0 amide bonds. The second kappa shape index (κ2) is 12.8. The van der Waals surface area contributed by atoms with Crippen molar-refractivity contribution in [2.45, 2.75) is 20.8 Å². The van der Waals surface area contributed by atoms with E-state index in [4.69, 9.17) is 14.7 Å². The molecule has 4 heteroatoms. The Morgan fingerprint density at radius 3 is 2.09 bits per heavy atom. The third-order valence-electron chi connectivity index (χ3n) is 8.34. The first-order chi connectivity index (χ1) is 22.9. The van der Waals surface area contributed by atoms with E-state index < -0.39 is 0 Å².